The molecule has 1 N–H and O–H groups in total. The quantitative estimate of drug-likeness (QED) is 0.928. The van der Waals surface area contributed by atoms with Gasteiger partial charge in [0.15, 0.2) is 0 Å². The monoisotopic (exact) mass is 316 g/mol. The van der Waals surface area contributed by atoms with Crippen LogP contribution in [0.2, 0.25) is 0 Å². The van der Waals surface area contributed by atoms with Crippen LogP contribution in [0.25, 0.3) is 0 Å². The first kappa shape index (κ1) is 14.0. The molecule has 0 heterocycles. The number of halogens is 1. The zero-order valence-corrected chi connectivity index (χ0v) is 12.0. The molecular weight excluding hydrogens is 304 g/mol. The number of sulfonamides is 1. The fraction of sp³-hybridized carbons (Fsp3) is 0.364. The van der Waals surface area contributed by atoms with Crippen LogP contribution in [-0.2, 0) is 10.0 Å². The normalized spacial score (nSPS) is 11.2. The highest BCUT2D eigenvalue weighted by Crippen LogP contribution is 2.21. The maximum absolute atomic E-state index is 11.7. The summed E-state index contributed by atoms with van der Waals surface area (Å²) in [5, 5.41) is 8.92. The van der Waals surface area contributed by atoms with Crippen LogP contribution in [0.1, 0.15) is 19.4 Å². The van der Waals surface area contributed by atoms with Gasteiger partial charge in [0.05, 0.1) is 17.0 Å². The fourth-order valence-corrected chi connectivity index (χ4v) is 3.18. The van der Waals surface area contributed by atoms with E-state index in [1.54, 1.807) is 18.2 Å². The van der Waals surface area contributed by atoms with Gasteiger partial charge in [0.2, 0.25) is 10.0 Å². The van der Waals surface area contributed by atoms with Crippen LogP contribution >= 0.6 is 15.9 Å². The molecule has 92 valence electrons. The number of nitriles is 1. The molecule has 4 nitrogen and oxygen atoms in total. The Bertz CT molecular complexity index is 547. The van der Waals surface area contributed by atoms with Crippen molar-refractivity contribution in [2.75, 3.05) is 10.5 Å². The van der Waals surface area contributed by atoms with Crippen molar-refractivity contribution in [2.24, 2.45) is 5.92 Å². The van der Waals surface area contributed by atoms with Crippen LogP contribution in [-0.4, -0.2) is 14.2 Å². The van der Waals surface area contributed by atoms with E-state index < -0.39 is 10.0 Å². The Morgan fingerprint density at radius 3 is 2.65 bits per heavy atom. The Morgan fingerprint density at radius 1 is 1.47 bits per heavy atom. The minimum Gasteiger partial charge on any atom is -0.282 e. The molecule has 1 aromatic rings. The average Bonchev–Trinajstić information content (AvgIpc) is 2.18. The second kappa shape index (κ2) is 5.52. The predicted molar refractivity (Wildman–Crippen MR) is 71.1 cm³/mol. The molecule has 0 unspecified atom stereocenters. The first-order valence-electron chi connectivity index (χ1n) is 5.04. The summed E-state index contributed by atoms with van der Waals surface area (Å²) >= 11 is 3.23. The van der Waals surface area contributed by atoms with Gasteiger partial charge in [-0.05, 0) is 24.1 Å². The summed E-state index contributed by atoms with van der Waals surface area (Å²) in [5.74, 6) is 0.0713. The van der Waals surface area contributed by atoms with Crippen molar-refractivity contribution >= 4 is 31.6 Å². The van der Waals surface area contributed by atoms with E-state index >= 15 is 0 Å². The predicted octanol–water partition coefficient (Wildman–Crippen LogP) is 2.72. The Labute approximate surface area is 110 Å². The van der Waals surface area contributed by atoms with E-state index in [0.717, 1.165) is 4.47 Å². The lowest BCUT2D eigenvalue weighted by Crippen LogP contribution is -2.20. The lowest BCUT2D eigenvalue weighted by atomic mass is 10.2. The van der Waals surface area contributed by atoms with Crippen molar-refractivity contribution < 1.29 is 8.42 Å². The van der Waals surface area contributed by atoms with Gasteiger partial charge < -0.3 is 0 Å². The molecule has 0 aliphatic rings. The molecule has 1 aromatic carbocycles. The first-order chi connectivity index (χ1) is 7.84. The number of nitrogens with one attached hydrogen (secondary N) is 1. The van der Waals surface area contributed by atoms with Crippen molar-refractivity contribution in [3.63, 3.8) is 0 Å². The summed E-state index contributed by atoms with van der Waals surface area (Å²) in [6, 6.07) is 6.79. The number of hydrogen-bond donors (Lipinski definition) is 1. The second-order valence-corrected chi connectivity index (χ2v) is 6.76. The largest absolute Gasteiger partial charge is 0.282 e. The molecule has 6 heteroatoms. The molecule has 0 bridgehead atoms. The van der Waals surface area contributed by atoms with Gasteiger partial charge >= 0.3 is 0 Å². The third-order valence-corrected chi connectivity index (χ3v) is 4.05. The maximum atomic E-state index is 11.7. The summed E-state index contributed by atoms with van der Waals surface area (Å²) in [5.41, 5.74) is 0.614. The van der Waals surface area contributed by atoms with E-state index in [1.807, 2.05) is 19.9 Å². The number of hydrogen-bond acceptors (Lipinski definition) is 3. The zero-order chi connectivity index (χ0) is 13.1. The second-order valence-electron chi connectivity index (χ2n) is 4.08. The van der Waals surface area contributed by atoms with Crippen LogP contribution in [0, 0.1) is 17.2 Å². The Hall–Kier alpha value is -1.06. The van der Waals surface area contributed by atoms with Crippen LogP contribution < -0.4 is 4.72 Å². The first-order valence-corrected chi connectivity index (χ1v) is 7.48. The highest BCUT2D eigenvalue weighted by atomic mass is 79.9. The smallest absolute Gasteiger partial charge is 0.233 e. The minimum absolute atomic E-state index is 0.0356. The lowest BCUT2D eigenvalue weighted by Gasteiger charge is -2.11. The average molecular weight is 317 g/mol. The van der Waals surface area contributed by atoms with Gasteiger partial charge in [-0.3, -0.25) is 4.72 Å². The third kappa shape index (κ3) is 4.36. The van der Waals surface area contributed by atoms with Crippen molar-refractivity contribution in [1.82, 2.24) is 0 Å². The summed E-state index contributed by atoms with van der Waals surface area (Å²) in [6.07, 6.45) is 0. The van der Waals surface area contributed by atoms with Gasteiger partial charge in [0.25, 0.3) is 0 Å². The van der Waals surface area contributed by atoms with Gasteiger partial charge in [0, 0.05) is 4.47 Å². The number of nitrogens with zero attached hydrogens (tertiary/aromatic N) is 1. The summed E-state index contributed by atoms with van der Waals surface area (Å²) < 4.78 is 26.6. The number of benzene rings is 1. The molecule has 0 saturated carbocycles. The zero-order valence-electron chi connectivity index (χ0n) is 9.57. The number of anilines is 1. The molecule has 0 radical (unpaired) electrons. The lowest BCUT2D eigenvalue weighted by molar-refractivity contribution is 0.587. The van der Waals surface area contributed by atoms with Gasteiger partial charge in [-0.15, -0.1) is 0 Å². The van der Waals surface area contributed by atoms with Crippen molar-refractivity contribution in [3.8, 4) is 6.07 Å². The van der Waals surface area contributed by atoms with E-state index in [0.29, 0.717) is 11.3 Å². The van der Waals surface area contributed by atoms with E-state index in [4.69, 9.17) is 5.26 Å². The fourth-order valence-electron chi connectivity index (χ4n) is 1.35. The topological polar surface area (TPSA) is 70.0 Å². The molecule has 0 atom stereocenters. The molecule has 0 fully saturated rings. The SMILES string of the molecule is CC(C)CS(=O)(=O)Nc1ccc(Br)cc1C#N. The van der Waals surface area contributed by atoms with Gasteiger partial charge in [-0.2, -0.15) is 5.26 Å². The molecule has 0 aliphatic carbocycles. The Morgan fingerprint density at radius 2 is 2.12 bits per heavy atom. The standard InChI is InChI=1S/C11H13BrN2O2S/c1-8(2)7-17(15,16)14-11-4-3-10(12)5-9(11)6-13/h3-5,8,14H,7H2,1-2H3. The Kier molecular flexibility index (Phi) is 4.54. The molecule has 0 spiro atoms. The highest BCUT2D eigenvalue weighted by molar-refractivity contribution is 9.10. The molecule has 17 heavy (non-hydrogen) atoms. The Balaban J connectivity index is 3.01. The summed E-state index contributed by atoms with van der Waals surface area (Å²) in [7, 11) is -3.40. The van der Waals surface area contributed by atoms with Crippen LogP contribution in [0.5, 0.6) is 0 Å². The number of rotatable bonds is 4. The molecule has 0 amide bonds. The molecule has 0 saturated heterocycles. The van der Waals surface area contributed by atoms with Gasteiger partial charge in [-0.25, -0.2) is 8.42 Å². The molecule has 0 aliphatic heterocycles. The van der Waals surface area contributed by atoms with Gasteiger partial charge in [-0.1, -0.05) is 29.8 Å². The van der Waals surface area contributed by atoms with Crippen LogP contribution in [0.4, 0.5) is 5.69 Å². The highest BCUT2D eigenvalue weighted by Gasteiger charge is 2.14. The maximum Gasteiger partial charge on any atom is 0.233 e. The van der Waals surface area contributed by atoms with Gasteiger partial charge in [0.1, 0.15) is 6.07 Å². The van der Waals surface area contributed by atoms with Crippen molar-refractivity contribution in [2.45, 2.75) is 13.8 Å². The van der Waals surface area contributed by atoms with Crippen molar-refractivity contribution in [1.29, 1.82) is 5.26 Å². The van der Waals surface area contributed by atoms with E-state index in [2.05, 4.69) is 20.7 Å². The minimum atomic E-state index is -3.40. The van der Waals surface area contributed by atoms with Crippen molar-refractivity contribution in [3.05, 3.63) is 28.2 Å². The molecule has 1 rings (SSSR count). The van der Waals surface area contributed by atoms with E-state index in [-0.39, 0.29) is 11.7 Å². The molecular formula is C11H13BrN2O2S. The van der Waals surface area contributed by atoms with E-state index in [1.165, 1.54) is 0 Å². The summed E-state index contributed by atoms with van der Waals surface area (Å²) in [4.78, 5) is 0. The van der Waals surface area contributed by atoms with Crippen LogP contribution in [0.3, 0.4) is 0 Å². The van der Waals surface area contributed by atoms with E-state index in [9.17, 15) is 8.42 Å². The van der Waals surface area contributed by atoms with Crippen LogP contribution in [0.15, 0.2) is 22.7 Å². The summed E-state index contributed by atoms with van der Waals surface area (Å²) in [6.45, 7) is 3.65. The molecule has 0 aromatic heterocycles. The third-order valence-electron chi connectivity index (χ3n) is 1.92.